The molecular formula is C13H14ClFN2O4. The fraction of sp³-hybridized carbons (Fsp3) is 0.385. The fourth-order valence-electron chi connectivity index (χ4n) is 1.99. The minimum absolute atomic E-state index is 0.0278. The maximum absolute atomic E-state index is 13.2. The normalized spacial score (nSPS) is 21.0. The maximum atomic E-state index is 13.2. The van der Waals surface area contributed by atoms with Gasteiger partial charge in [0, 0.05) is 12.2 Å². The van der Waals surface area contributed by atoms with Gasteiger partial charge in [-0.25, -0.2) is 14.0 Å². The first-order valence-corrected chi connectivity index (χ1v) is 6.71. The van der Waals surface area contributed by atoms with E-state index in [2.05, 4.69) is 10.6 Å². The molecule has 1 aliphatic rings. The number of carboxylic acid groups (broad SMARTS) is 1. The summed E-state index contributed by atoms with van der Waals surface area (Å²) in [4.78, 5) is 22.3. The molecule has 2 atom stereocenters. The van der Waals surface area contributed by atoms with Crippen molar-refractivity contribution in [2.45, 2.75) is 25.0 Å². The van der Waals surface area contributed by atoms with Crippen molar-refractivity contribution >= 4 is 29.3 Å². The van der Waals surface area contributed by atoms with Crippen LogP contribution in [-0.4, -0.2) is 35.9 Å². The van der Waals surface area contributed by atoms with Crippen LogP contribution in [0.25, 0.3) is 0 Å². The lowest BCUT2D eigenvalue weighted by atomic mass is 10.2. The molecule has 0 bridgehead atoms. The number of ether oxygens (including phenoxy) is 1. The molecule has 114 valence electrons. The predicted octanol–water partition coefficient (Wildman–Crippen LogP) is 2.23. The van der Waals surface area contributed by atoms with E-state index >= 15 is 0 Å². The molecule has 0 saturated carbocycles. The van der Waals surface area contributed by atoms with E-state index in [1.165, 1.54) is 12.1 Å². The van der Waals surface area contributed by atoms with Crippen LogP contribution in [0, 0.1) is 5.82 Å². The smallest absolute Gasteiger partial charge is 0.332 e. The highest BCUT2D eigenvalue weighted by atomic mass is 35.5. The number of urea groups is 1. The SMILES string of the molecule is O=C(NCC1CCC(C(=O)O)O1)Nc1ccc(Cl)c(F)c1. The summed E-state index contributed by atoms with van der Waals surface area (Å²) in [5.74, 6) is -1.63. The number of benzene rings is 1. The lowest BCUT2D eigenvalue weighted by Gasteiger charge is -2.13. The van der Waals surface area contributed by atoms with Gasteiger partial charge in [0.2, 0.25) is 0 Å². The summed E-state index contributed by atoms with van der Waals surface area (Å²) in [5.41, 5.74) is 0.269. The van der Waals surface area contributed by atoms with Gasteiger partial charge in [-0.15, -0.1) is 0 Å². The van der Waals surface area contributed by atoms with Crippen LogP contribution in [0.1, 0.15) is 12.8 Å². The van der Waals surface area contributed by atoms with E-state index in [4.69, 9.17) is 21.4 Å². The molecule has 3 N–H and O–H groups in total. The second kappa shape index (κ2) is 6.73. The average molecular weight is 317 g/mol. The van der Waals surface area contributed by atoms with Crippen LogP contribution < -0.4 is 10.6 Å². The topological polar surface area (TPSA) is 87.7 Å². The van der Waals surface area contributed by atoms with Crippen molar-refractivity contribution in [3.8, 4) is 0 Å². The molecular weight excluding hydrogens is 303 g/mol. The Morgan fingerprint density at radius 1 is 1.43 bits per heavy atom. The van der Waals surface area contributed by atoms with Crippen LogP contribution in [-0.2, 0) is 9.53 Å². The van der Waals surface area contributed by atoms with Gasteiger partial charge < -0.3 is 20.5 Å². The Bertz CT molecular complexity index is 555. The molecule has 0 aromatic heterocycles. The second-order valence-electron chi connectivity index (χ2n) is 4.63. The molecule has 2 rings (SSSR count). The van der Waals surface area contributed by atoms with E-state index in [9.17, 15) is 14.0 Å². The van der Waals surface area contributed by atoms with E-state index in [1.54, 1.807) is 0 Å². The van der Waals surface area contributed by atoms with Gasteiger partial charge in [0.1, 0.15) is 5.82 Å². The molecule has 1 aromatic carbocycles. The van der Waals surface area contributed by atoms with Crippen molar-refractivity contribution in [2.75, 3.05) is 11.9 Å². The van der Waals surface area contributed by atoms with Gasteiger partial charge in [-0.3, -0.25) is 0 Å². The molecule has 1 heterocycles. The number of rotatable bonds is 4. The second-order valence-corrected chi connectivity index (χ2v) is 5.03. The monoisotopic (exact) mass is 316 g/mol. The van der Waals surface area contributed by atoms with E-state index in [-0.39, 0.29) is 23.4 Å². The van der Waals surface area contributed by atoms with E-state index in [0.29, 0.717) is 12.8 Å². The van der Waals surface area contributed by atoms with Crippen LogP contribution in [0.4, 0.5) is 14.9 Å². The minimum Gasteiger partial charge on any atom is -0.479 e. The van der Waals surface area contributed by atoms with E-state index in [0.717, 1.165) is 6.07 Å². The summed E-state index contributed by atoms with van der Waals surface area (Å²) >= 11 is 5.54. The molecule has 6 nitrogen and oxygen atoms in total. The number of aliphatic carboxylic acids is 1. The summed E-state index contributed by atoms with van der Waals surface area (Å²) in [6.45, 7) is 0.186. The maximum Gasteiger partial charge on any atom is 0.332 e. The average Bonchev–Trinajstić information content (AvgIpc) is 2.90. The van der Waals surface area contributed by atoms with Crippen molar-refractivity contribution in [3.63, 3.8) is 0 Å². The molecule has 2 unspecified atom stereocenters. The Kier molecular flexibility index (Phi) is 4.98. The first-order valence-electron chi connectivity index (χ1n) is 6.34. The van der Waals surface area contributed by atoms with E-state index in [1.807, 2.05) is 0 Å². The fourth-order valence-corrected chi connectivity index (χ4v) is 2.11. The number of amides is 2. The standard InChI is InChI=1S/C13H14ClFN2O4/c14-9-3-1-7(5-10(9)15)17-13(20)16-6-8-2-4-11(21-8)12(18)19/h1,3,5,8,11H,2,4,6H2,(H,18,19)(H2,16,17,20). The highest BCUT2D eigenvalue weighted by molar-refractivity contribution is 6.30. The Morgan fingerprint density at radius 2 is 2.19 bits per heavy atom. The highest BCUT2D eigenvalue weighted by Crippen LogP contribution is 2.20. The lowest BCUT2D eigenvalue weighted by molar-refractivity contribution is -0.149. The Labute approximate surface area is 125 Å². The zero-order valence-corrected chi connectivity index (χ0v) is 11.7. The summed E-state index contributed by atoms with van der Waals surface area (Å²) in [6.07, 6.45) is -0.164. The zero-order chi connectivity index (χ0) is 15.4. The van der Waals surface area contributed by atoms with Crippen molar-refractivity contribution < 1.29 is 23.8 Å². The van der Waals surface area contributed by atoms with Gasteiger partial charge in [0.25, 0.3) is 0 Å². The van der Waals surface area contributed by atoms with Crippen LogP contribution in [0.5, 0.6) is 0 Å². The molecule has 1 aromatic rings. The number of anilines is 1. The third kappa shape index (κ3) is 4.30. The summed E-state index contributed by atoms with van der Waals surface area (Å²) in [5, 5.41) is 13.7. The number of halogens is 2. The molecule has 2 amide bonds. The number of hydrogen-bond acceptors (Lipinski definition) is 3. The van der Waals surface area contributed by atoms with Gasteiger partial charge in [-0.05, 0) is 31.0 Å². The summed E-state index contributed by atoms with van der Waals surface area (Å²) in [6, 6.07) is 3.38. The number of carbonyl (C=O) groups is 2. The number of carbonyl (C=O) groups excluding carboxylic acids is 1. The Balaban J connectivity index is 1.77. The van der Waals surface area contributed by atoms with Gasteiger partial charge in [-0.2, -0.15) is 0 Å². The third-order valence-electron chi connectivity index (χ3n) is 3.05. The van der Waals surface area contributed by atoms with E-state index < -0.39 is 23.9 Å². The molecule has 0 aliphatic carbocycles. The molecule has 1 saturated heterocycles. The number of nitrogens with one attached hydrogen (secondary N) is 2. The van der Waals surface area contributed by atoms with Crippen molar-refractivity contribution in [3.05, 3.63) is 29.0 Å². The number of carboxylic acids is 1. The van der Waals surface area contributed by atoms with Gasteiger partial charge >= 0.3 is 12.0 Å². The molecule has 8 heteroatoms. The van der Waals surface area contributed by atoms with Gasteiger partial charge in [-0.1, -0.05) is 11.6 Å². The lowest BCUT2D eigenvalue weighted by Crippen LogP contribution is -2.35. The molecule has 0 spiro atoms. The van der Waals surface area contributed by atoms with Crippen molar-refractivity contribution in [2.24, 2.45) is 0 Å². The predicted molar refractivity (Wildman–Crippen MR) is 74.0 cm³/mol. The summed E-state index contributed by atoms with van der Waals surface area (Å²) < 4.78 is 18.4. The van der Waals surface area contributed by atoms with Gasteiger partial charge in [0.05, 0.1) is 11.1 Å². The van der Waals surface area contributed by atoms with Crippen LogP contribution >= 0.6 is 11.6 Å². The zero-order valence-electron chi connectivity index (χ0n) is 10.9. The largest absolute Gasteiger partial charge is 0.479 e. The summed E-state index contributed by atoms with van der Waals surface area (Å²) in [7, 11) is 0. The Hall–Kier alpha value is -1.86. The highest BCUT2D eigenvalue weighted by Gasteiger charge is 2.30. The number of hydrogen-bond donors (Lipinski definition) is 3. The molecule has 1 aliphatic heterocycles. The quantitative estimate of drug-likeness (QED) is 0.795. The first-order chi connectivity index (χ1) is 9.95. The minimum atomic E-state index is -1.00. The van der Waals surface area contributed by atoms with Crippen LogP contribution in [0.2, 0.25) is 5.02 Å². The van der Waals surface area contributed by atoms with Crippen molar-refractivity contribution in [1.82, 2.24) is 5.32 Å². The molecule has 21 heavy (non-hydrogen) atoms. The third-order valence-corrected chi connectivity index (χ3v) is 3.36. The molecule has 0 radical (unpaired) electrons. The molecule has 1 fully saturated rings. The van der Waals surface area contributed by atoms with Gasteiger partial charge in [0.15, 0.2) is 6.10 Å². The van der Waals surface area contributed by atoms with Crippen molar-refractivity contribution in [1.29, 1.82) is 0 Å². The van der Waals surface area contributed by atoms with Crippen LogP contribution in [0.3, 0.4) is 0 Å². The van der Waals surface area contributed by atoms with Crippen LogP contribution in [0.15, 0.2) is 18.2 Å². The first kappa shape index (κ1) is 15.5. The Morgan fingerprint density at radius 3 is 2.81 bits per heavy atom.